The Morgan fingerprint density at radius 2 is 1.93 bits per heavy atom. The van der Waals surface area contributed by atoms with Gasteiger partial charge in [0.05, 0.1) is 17.0 Å². The molecule has 0 spiro atoms. The highest BCUT2D eigenvalue weighted by molar-refractivity contribution is 14.0. The number of carbonyl (C=O) groups excluding carboxylic acids is 1. The van der Waals surface area contributed by atoms with Gasteiger partial charge in [0, 0.05) is 20.1 Å². The van der Waals surface area contributed by atoms with Gasteiger partial charge in [-0.3, -0.25) is 19.8 Å². The van der Waals surface area contributed by atoms with Gasteiger partial charge in [-0.05, 0) is 33.6 Å². The van der Waals surface area contributed by atoms with E-state index >= 15 is 0 Å². The van der Waals surface area contributed by atoms with Gasteiger partial charge in [0.2, 0.25) is 0 Å². The fraction of sp³-hybridized carbons (Fsp3) is 0.722. The highest BCUT2D eigenvalue weighted by atomic mass is 127. The molecule has 0 aliphatic rings. The zero-order chi connectivity index (χ0) is 22.1. The third-order valence-corrected chi connectivity index (χ3v) is 4.40. The molecule has 1 amide bonds. The average molecular weight is 539 g/mol. The average Bonchev–Trinajstić information content (AvgIpc) is 3.11. The Bertz CT molecular complexity index is 712. The Morgan fingerprint density at radius 3 is 2.40 bits per heavy atom. The van der Waals surface area contributed by atoms with Crippen molar-refractivity contribution in [2.75, 3.05) is 20.1 Å². The van der Waals surface area contributed by atoms with Crippen LogP contribution in [0.4, 0.5) is 10.5 Å². The zero-order valence-electron chi connectivity index (χ0n) is 18.5. The Balaban J connectivity index is 0.00000841. The van der Waals surface area contributed by atoms with Gasteiger partial charge in [-0.1, -0.05) is 13.8 Å². The van der Waals surface area contributed by atoms with E-state index in [0.717, 1.165) is 0 Å². The molecular formula is C18H34IN7O4. The van der Waals surface area contributed by atoms with E-state index in [0.29, 0.717) is 38.4 Å². The van der Waals surface area contributed by atoms with Crippen molar-refractivity contribution in [3.8, 4) is 0 Å². The Labute approximate surface area is 194 Å². The minimum atomic E-state index is -0.566. The van der Waals surface area contributed by atoms with Crippen LogP contribution < -0.4 is 16.0 Å². The molecule has 1 aromatic rings. The van der Waals surface area contributed by atoms with Crippen LogP contribution in [-0.4, -0.2) is 58.0 Å². The molecule has 0 bridgehead atoms. The molecule has 12 heteroatoms. The first-order chi connectivity index (χ1) is 13.5. The molecular weight excluding hydrogens is 505 g/mol. The number of ether oxygens (including phenoxy) is 1. The minimum Gasteiger partial charge on any atom is -0.444 e. The van der Waals surface area contributed by atoms with Gasteiger partial charge in [-0.15, -0.1) is 24.0 Å². The lowest BCUT2D eigenvalue weighted by atomic mass is 9.93. The second-order valence-corrected chi connectivity index (χ2v) is 7.69. The predicted molar refractivity (Wildman–Crippen MR) is 126 cm³/mol. The van der Waals surface area contributed by atoms with Crippen LogP contribution in [0.25, 0.3) is 0 Å². The molecule has 0 unspecified atom stereocenters. The van der Waals surface area contributed by atoms with Crippen molar-refractivity contribution in [3.63, 3.8) is 0 Å². The number of carbonyl (C=O) groups is 1. The summed E-state index contributed by atoms with van der Waals surface area (Å²) >= 11 is 0. The Morgan fingerprint density at radius 1 is 1.30 bits per heavy atom. The number of nitrogens with one attached hydrogen (secondary N) is 3. The van der Waals surface area contributed by atoms with Crippen LogP contribution in [0.2, 0.25) is 0 Å². The van der Waals surface area contributed by atoms with E-state index in [1.165, 1.54) is 17.1 Å². The van der Waals surface area contributed by atoms with Gasteiger partial charge >= 0.3 is 11.8 Å². The summed E-state index contributed by atoms with van der Waals surface area (Å²) in [5.74, 6) is 0.559. The Kier molecular flexibility index (Phi) is 11.7. The van der Waals surface area contributed by atoms with Gasteiger partial charge < -0.3 is 20.7 Å². The summed E-state index contributed by atoms with van der Waals surface area (Å²) in [6.07, 6.45) is 3.56. The normalized spacial score (nSPS) is 12.0. The molecule has 172 valence electrons. The van der Waals surface area contributed by atoms with Crippen LogP contribution in [-0.2, 0) is 11.3 Å². The molecule has 3 N–H and O–H groups in total. The van der Waals surface area contributed by atoms with E-state index in [4.69, 9.17) is 4.74 Å². The van der Waals surface area contributed by atoms with Crippen LogP contribution in [0.3, 0.4) is 0 Å². The number of hydrogen-bond acceptors (Lipinski definition) is 6. The first-order valence-corrected chi connectivity index (χ1v) is 9.66. The number of nitro groups is 1. The van der Waals surface area contributed by atoms with Crippen LogP contribution in [0, 0.1) is 10.1 Å². The second-order valence-electron chi connectivity index (χ2n) is 7.69. The molecule has 0 aromatic carbocycles. The van der Waals surface area contributed by atoms with Crippen LogP contribution in [0.15, 0.2) is 17.4 Å². The maximum Gasteiger partial charge on any atom is 0.408 e. The van der Waals surface area contributed by atoms with E-state index < -0.39 is 22.2 Å². The lowest BCUT2D eigenvalue weighted by Crippen LogP contribution is -2.57. The van der Waals surface area contributed by atoms with Crippen molar-refractivity contribution >= 4 is 41.7 Å². The third kappa shape index (κ3) is 9.59. The minimum absolute atomic E-state index is 0. The van der Waals surface area contributed by atoms with Gasteiger partial charge in [-0.2, -0.15) is 5.10 Å². The number of alkyl carbamates (subject to hydrolysis) is 1. The van der Waals surface area contributed by atoms with Crippen molar-refractivity contribution in [3.05, 3.63) is 22.5 Å². The van der Waals surface area contributed by atoms with Crippen molar-refractivity contribution in [2.24, 2.45) is 4.99 Å². The number of halogens is 1. The SMILES string of the molecule is CCC(CC)(CNC(=NC)NCCn1cc([N+](=O)[O-])cn1)NC(=O)OC(C)(C)C.I. The third-order valence-electron chi connectivity index (χ3n) is 4.40. The van der Waals surface area contributed by atoms with Gasteiger partial charge in [0.1, 0.15) is 18.0 Å². The molecule has 0 fully saturated rings. The molecule has 1 rings (SSSR count). The topological polar surface area (TPSA) is 136 Å². The fourth-order valence-corrected chi connectivity index (χ4v) is 2.57. The summed E-state index contributed by atoms with van der Waals surface area (Å²) in [5.41, 5.74) is -1.09. The summed E-state index contributed by atoms with van der Waals surface area (Å²) < 4.78 is 6.87. The number of rotatable bonds is 9. The van der Waals surface area contributed by atoms with Crippen molar-refractivity contribution < 1.29 is 14.5 Å². The molecule has 30 heavy (non-hydrogen) atoms. The van der Waals surface area contributed by atoms with Gasteiger partial charge in [0.25, 0.3) is 0 Å². The highest BCUT2D eigenvalue weighted by Crippen LogP contribution is 2.16. The number of guanidine groups is 1. The fourth-order valence-electron chi connectivity index (χ4n) is 2.57. The zero-order valence-corrected chi connectivity index (χ0v) is 20.9. The molecule has 11 nitrogen and oxygen atoms in total. The van der Waals surface area contributed by atoms with E-state index in [1.54, 1.807) is 7.05 Å². The molecule has 0 radical (unpaired) electrons. The van der Waals surface area contributed by atoms with Crippen molar-refractivity contribution in [1.29, 1.82) is 0 Å². The lowest BCUT2D eigenvalue weighted by molar-refractivity contribution is -0.385. The number of aromatic nitrogens is 2. The van der Waals surface area contributed by atoms with E-state index in [2.05, 4.69) is 26.0 Å². The summed E-state index contributed by atoms with van der Waals surface area (Å²) in [6.45, 7) is 10.9. The van der Waals surface area contributed by atoms with Crippen molar-refractivity contribution in [1.82, 2.24) is 25.7 Å². The summed E-state index contributed by atoms with van der Waals surface area (Å²) in [6, 6.07) is 0. The summed E-state index contributed by atoms with van der Waals surface area (Å²) in [7, 11) is 1.65. The lowest BCUT2D eigenvalue weighted by Gasteiger charge is -2.34. The number of aliphatic imine (C=N–C) groups is 1. The van der Waals surface area contributed by atoms with Crippen molar-refractivity contribution in [2.45, 2.75) is 65.1 Å². The first kappa shape index (κ1) is 27.9. The van der Waals surface area contributed by atoms with Crippen LogP contribution in [0.5, 0.6) is 0 Å². The molecule has 0 saturated carbocycles. The van der Waals surface area contributed by atoms with E-state index in [1.807, 2.05) is 34.6 Å². The maximum absolute atomic E-state index is 12.2. The molecule has 1 aromatic heterocycles. The first-order valence-electron chi connectivity index (χ1n) is 9.66. The predicted octanol–water partition coefficient (Wildman–Crippen LogP) is 2.66. The summed E-state index contributed by atoms with van der Waals surface area (Å²) in [4.78, 5) is 26.6. The smallest absolute Gasteiger partial charge is 0.408 e. The maximum atomic E-state index is 12.2. The highest BCUT2D eigenvalue weighted by Gasteiger charge is 2.30. The van der Waals surface area contributed by atoms with Gasteiger partial charge in [-0.25, -0.2) is 4.79 Å². The molecule has 0 atom stereocenters. The number of nitrogens with zero attached hydrogens (tertiary/aromatic N) is 4. The van der Waals surface area contributed by atoms with E-state index in [-0.39, 0.29) is 29.7 Å². The van der Waals surface area contributed by atoms with Crippen LogP contribution >= 0.6 is 24.0 Å². The number of amides is 1. The summed E-state index contributed by atoms with van der Waals surface area (Å²) in [5, 5.41) is 24.0. The second kappa shape index (κ2) is 12.5. The molecule has 0 aliphatic carbocycles. The molecule has 1 heterocycles. The van der Waals surface area contributed by atoms with E-state index in [9.17, 15) is 14.9 Å². The van der Waals surface area contributed by atoms with Crippen LogP contribution in [0.1, 0.15) is 47.5 Å². The largest absolute Gasteiger partial charge is 0.444 e. The Hall–Kier alpha value is -2.12. The monoisotopic (exact) mass is 539 g/mol. The van der Waals surface area contributed by atoms with Gasteiger partial charge in [0.15, 0.2) is 5.96 Å². The standard InChI is InChI=1S/C18H33N7O4.HI/c1-7-18(8-2,23-16(26)29-17(3,4)5)13-21-15(19-6)20-9-10-24-12-14(11-22-24)25(27)28;/h11-12H,7-10,13H2,1-6H3,(H,23,26)(H2,19,20,21);1H. The molecule has 0 aliphatic heterocycles. The quantitative estimate of drug-likeness (QED) is 0.144. The number of hydrogen-bond donors (Lipinski definition) is 3. The molecule has 0 saturated heterocycles.